The molecule has 11 nitrogen and oxygen atoms in total. The molecule has 5 aromatic rings. The molecule has 2 N–H and O–H groups in total. The highest BCUT2D eigenvalue weighted by atomic mass is 19.1. The third-order valence-electron chi connectivity index (χ3n) is 9.44. The topological polar surface area (TPSA) is 115 Å². The summed E-state index contributed by atoms with van der Waals surface area (Å²) < 4.78 is 45.5. The molecule has 2 aliphatic rings. The normalized spacial score (nSPS) is 15.0. The lowest BCUT2D eigenvalue weighted by Crippen LogP contribution is -2.27. The molecule has 0 spiro atoms. The van der Waals surface area contributed by atoms with Crippen LogP contribution in [0.1, 0.15) is 47.5 Å². The molecule has 49 heavy (non-hydrogen) atoms. The molecule has 0 saturated heterocycles. The number of anilines is 2. The lowest BCUT2D eigenvalue weighted by atomic mass is 9.97. The number of likely N-dealkylation sites (N-methyl/N-ethyl adjacent to an activating group) is 1. The number of nitrogens with zero attached hydrogens (tertiary/aromatic N) is 5. The largest absolute Gasteiger partial charge is 0.496 e. The monoisotopic (exact) mass is 669 g/mol. The molecule has 1 fully saturated rings. The first-order valence-corrected chi connectivity index (χ1v) is 16.1. The number of carbonyl (C=O) groups excluding carboxylic acids is 2. The Hall–Kier alpha value is -5.14. The SMILES string of the molecule is COCc1nc2c3c(c(OC)cc2n1C)-c1cccn2c(C(=O)c4cc(F)c(NC(=O)/C=C/CNC5(C)CC5)c(F)c4)nc(c12)CCN3C. The highest BCUT2D eigenvalue weighted by Gasteiger charge is 2.36. The smallest absolute Gasteiger partial charge is 0.248 e. The van der Waals surface area contributed by atoms with Crippen LogP contribution in [0.2, 0.25) is 0 Å². The fourth-order valence-corrected chi connectivity index (χ4v) is 6.47. The maximum Gasteiger partial charge on any atom is 0.248 e. The molecule has 13 heteroatoms. The summed E-state index contributed by atoms with van der Waals surface area (Å²) in [5.41, 5.74) is 4.66. The number of hydrogen-bond donors (Lipinski definition) is 2. The Labute approximate surface area is 281 Å². The minimum absolute atomic E-state index is 0.00796. The standard InChI is InChI=1S/C36H37F2N7O4/c1-36(11-12-36)39-13-6-9-28(46)42-30-22(37)16-20(17-23(30)38)34(47)35-40-24-10-15-43(2)33-29(21-8-7-14-45(35)32(21)24)26(49-5)18-25-31(33)41-27(19-48-4)44(25)3/h6-9,14,16-18,39H,10-13,15,19H2,1-5H3,(H,42,46)/b9-6+. The molecule has 0 bridgehead atoms. The van der Waals surface area contributed by atoms with Crippen LogP contribution in [0.4, 0.5) is 20.2 Å². The van der Waals surface area contributed by atoms with Gasteiger partial charge in [-0.2, -0.15) is 0 Å². The zero-order valence-electron chi connectivity index (χ0n) is 28.0. The summed E-state index contributed by atoms with van der Waals surface area (Å²) in [5.74, 6) is -2.11. The molecule has 1 aliphatic carbocycles. The van der Waals surface area contributed by atoms with Crippen LogP contribution < -0.4 is 20.3 Å². The average Bonchev–Trinajstić information content (AvgIpc) is 3.58. The van der Waals surface area contributed by atoms with Crippen molar-refractivity contribution in [2.45, 2.75) is 38.3 Å². The fourth-order valence-electron chi connectivity index (χ4n) is 6.47. The molecule has 2 aromatic carbocycles. The van der Waals surface area contributed by atoms with Gasteiger partial charge in [0, 0.05) is 75.7 Å². The van der Waals surface area contributed by atoms with Crippen LogP contribution in [0.25, 0.3) is 27.7 Å². The van der Waals surface area contributed by atoms with Crippen molar-refractivity contribution in [2.75, 3.05) is 44.6 Å². The number of ketones is 1. The number of benzene rings is 2. The Morgan fingerprint density at radius 1 is 1.10 bits per heavy atom. The number of halogens is 2. The Morgan fingerprint density at radius 2 is 1.86 bits per heavy atom. The van der Waals surface area contributed by atoms with Gasteiger partial charge in [-0.3, -0.25) is 14.0 Å². The number of fused-ring (bicyclic) bond motifs is 4. The van der Waals surface area contributed by atoms with Gasteiger partial charge in [0.25, 0.3) is 0 Å². The Kier molecular flexibility index (Phi) is 8.19. The number of nitrogens with one attached hydrogen (secondary N) is 2. The van der Waals surface area contributed by atoms with Crippen molar-refractivity contribution in [3.05, 3.63) is 83.2 Å². The van der Waals surface area contributed by atoms with Crippen LogP contribution in [0.15, 0.2) is 48.7 Å². The summed E-state index contributed by atoms with van der Waals surface area (Å²) in [4.78, 5) is 38.1. The van der Waals surface area contributed by atoms with Gasteiger partial charge >= 0.3 is 0 Å². The van der Waals surface area contributed by atoms with E-state index >= 15 is 8.78 Å². The van der Waals surface area contributed by atoms with Gasteiger partial charge in [-0.1, -0.05) is 12.1 Å². The van der Waals surface area contributed by atoms with E-state index in [-0.39, 0.29) is 16.9 Å². The number of amides is 1. The molecule has 1 amide bonds. The number of ether oxygens (including phenoxy) is 2. The van der Waals surface area contributed by atoms with E-state index in [1.165, 1.54) is 6.08 Å². The molecule has 3 aromatic heterocycles. The number of hydrogen-bond acceptors (Lipinski definition) is 8. The third-order valence-corrected chi connectivity index (χ3v) is 9.44. The molecule has 0 unspecified atom stereocenters. The fraction of sp³-hybridized carbons (Fsp3) is 0.333. The van der Waals surface area contributed by atoms with Crippen molar-refractivity contribution >= 4 is 39.6 Å². The summed E-state index contributed by atoms with van der Waals surface area (Å²) in [6.07, 6.45) is 7.15. The zero-order valence-corrected chi connectivity index (χ0v) is 28.0. The lowest BCUT2D eigenvalue weighted by Gasteiger charge is -2.27. The van der Waals surface area contributed by atoms with Crippen molar-refractivity contribution in [1.29, 1.82) is 0 Å². The highest BCUT2D eigenvalue weighted by molar-refractivity contribution is 6.10. The molecule has 0 atom stereocenters. The summed E-state index contributed by atoms with van der Waals surface area (Å²) in [5, 5.41) is 5.55. The van der Waals surface area contributed by atoms with Gasteiger partial charge in [0.1, 0.15) is 41.0 Å². The lowest BCUT2D eigenvalue weighted by molar-refractivity contribution is -0.112. The van der Waals surface area contributed by atoms with Crippen LogP contribution in [0.3, 0.4) is 0 Å². The van der Waals surface area contributed by atoms with Crippen LogP contribution in [-0.4, -0.2) is 70.5 Å². The predicted octanol–water partition coefficient (Wildman–Crippen LogP) is 5.18. The Bertz CT molecular complexity index is 2160. The molecule has 1 aliphatic heterocycles. The van der Waals surface area contributed by atoms with Crippen molar-refractivity contribution < 1.29 is 27.8 Å². The second kappa shape index (κ2) is 12.4. The van der Waals surface area contributed by atoms with Crippen LogP contribution in [0.5, 0.6) is 5.75 Å². The summed E-state index contributed by atoms with van der Waals surface area (Å²) in [6.45, 7) is 3.43. The van der Waals surface area contributed by atoms with Gasteiger partial charge in [-0.05, 0) is 38.0 Å². The van der Waals surface area contributed by atoms with Crippen LogP contribution in [0, 0.1) is 11.6 Å². The maximum atomic E-state index is 15.3. The molecule has 4 heterocycles. The first-order valence-electron chi connectivity index (χ1n) is 16.1. The molecule has 7 rings (SSSR count). The number of methoxy groups -OCH3 is 2. The maximum absolute atomic E-state index is 15.3. The quantitative estimate of drug-likeness (QED) is 0.155. The number of carbonyl (C=O) groups is 2. The van der Waals surface area contributed by atoms with E-state index in [1.807, 2.05) is 30.8 Å². The third kappa shape index (κ3) is 5.72. The number of pyridine rings is 1. The van der Waals surface area contributed by atoms with Gasteiger partial charge in [0.05, 0.1) is 35.1 Å². The molecular weight excluding hydrogens is 632 g/mol. The number of aromatic nitrogens is 4. The predicted molar refractivity (Wildman–Crippen MR) is 182 cm³/mol. The summed E-state index contributed by atoms with van der Waals surface area (Å²) >= 11 is 0. The highest BCUT2D eigenvalue weighted by Crippen LogP contribution is 2.47. The van der Waals surface area contributed by atoms with E-state index in [4.69, 9.17) is 19.4 Å². The van der Waals surface area contributed by atoms with Crippen LogP contribution in [-0.2, 0) is 29.6 Å². The minimum Gasteiger partial charge on any atom is -0.496 e. The zero-order chi connectivity index (χ0) is 34.6. The van der Waals surface area contributed by atoms with Gasteiger partial charge < -0.3 is 29.6 Å². The van der Waals surface area contributed by atoms with E-state index in [2.05, 4.69) is 22.5 Å². The first-order chi connectivity index (χ1) is 23.5. The molecule has 0 radical (unpaired) electrons. The summed E-state index contributed by atoms with van der Waals surface area (Å²) in [7, 11) is 7.14. The first kappa shape index (κ1) is 32.4. The molecule has 254 valence electrons. The van der Waals surface area contributed by atoms with Crippen molar-refractivity contribution in [2.24, 2.45) is 7.05 Å². The second-order valence-corrected chi connectivity index (χ2v) is 12.9. The van der Waals surface area contributed by atoms with Gasteiger partial charge in [0.2, 0.25) is 11.7 Å². The van der Waals surface area contributed by atoms with Crippen molar-refractivity contribution in [3.63, 3.8) is 0 Å². The Morgan fingerprint density at radius 3 is 2.55 bits per heavy atom. The average molecular weight is 670 g/mol. The van der Waals surface area contributed by atoms with E-state index < -0.39 is 29.0 Å². The van der Waals surface area contributed by atoms with Crippen LogP contribution >= 0.6 is 0 Å². The molecule has 1 saturated carbocycles. The van der Waals surface area contributed by atoms with E-state index in [0.717, 1.165) is 58.6 Å². The number of imidazole rings is 2. The van der Waals surface area contributed by atoms with Gasteiger partial charge in [-0.25, -0.2) is 18.7 Å². The Balaban J connectivity index is 1.26. The van der Waals surface area contributed by atoms with Gasteiger partial charge in [-0.15, -0.1) is 0 Å². The number of aryl methyl sites for hydroxylation is 1. The minimum atomic E-state index is -1.07. The van der Waals surface area contributed by atoms with E-state index in [9.17, 15) is 9.59 Å². The van der Waals surface area contributed by atoms with E-state index in [0.29, 0.717) is 43.1 Å². The van der Waals surface area contributed by atoms with Crippen molar-refractivity contribution in [1.82, 2.24) is 24.3 Å². The van der Waals surface area contributed by atoms with Crippen molar-refractivity contribution in [3.8, 4) is 16.9 Å². The molecular formula is C36H37F2N7O4. The summed E-state index contributed by atoms with van der Waals surface area (Å²) in [6, 6.07) is 7.51. The second-order valence-electron chi connectivity index (χ2n) is 12.9. The van der Waals surface area contributed by atoms with Gasteiger partial charge in [0.15, 0.2) is 5.82 Å². The number of rotatable bonds is 10. The van der Waals surface area contributed by atoms with E-state index in [1.54, 1.807) is 37.0 Å².